The van der Waals surface area contributed by atoms with E-state index >= 15 is 0 Å². The molecule has 2 nitrogen and oxygen atoms in total. The number of rotatable bonds is 5. The fourth-order valence-electron chi connectivity index (χ4n) is 3.42. The van der Waals surface area contributed by atoms with Crippen LogP contribution in [0.25, 0.3) is 0 Å². The Morgan fingerprint density at radius 1 is 1.28 bits per heavy atom. The Bertz CT molecular complexity index is 258. The van der Waals surface area contributed by atoms with E-state index in [9.17, 15) is 5.11 Å². The Morgan fingerprint density at radius 2 is 1.89 bits per heavy atom. The zero-order valence-electron chi connectivity index (χ0n) is 13.1. The summed E-state index contributed by atoms with van der Waals surface area (Å²) in [6, 6.07) is 0. The molecule has 0 spiro atoms. The summed E-state index contributed by atoms with van der Waals surface area (Å²) in [5.74, 6) is 0.679. The minimum Gasteiger partial charge on any atom is -0.391 e. The molecule has 0 radical (unpaired) electrons. The predicted molar refractivity (Wildman–Crippen MR) is 76.6 cm³/mol. The van der Waals surface area contributed by atoms with Crippen LogP contribution in [0, 0.1) is 16.7 Å². The van der Waals surface area contributed by atoms with Crippen molar-refractivity contribution in [3.8, 4) is 0 Å². The highest BCUT2D eigenvalue weighted by Gasteiger charge is 2.48. The number of aliphatic hydroxyl groups excluding tert-OH is 1. The minimum absolute atomic E-state index is 0.188. The monoisotopic (exact) mass is 256 g/mol. The first-order valence-corrected chi connectivity index (χ1v) is 7.51. The largest absolute Gasteiger partial charge is 0.391 e. The fraction of sp³-hybridized carbons (Fsp3) is 1.00. The van der Waals surface area contributed by atoms with E-state index < -0.39 is 0 Å². The number of hydrogen-bond donors (Lipinski definition) is 1. The van der Waals surface area contributed by atoms with Gasteiger partial charge in [-0.05, 0) is 36.0 Å². The molecular weight excluding hydrogens is 224 g/mol. The smallest absolute Gasteiger partial charge is 0.0773 e. The standard InChI is InChI=1S/C16H32O2/c1-7-8-13(17)11-18-14-15(3,4)10-9-12(2)16(14,5)6/h12-14,17H,7-11H2,1-6H3/t12-,13-,14+/m0/s1. The van der Waals surface area contributed by atoms with Gasteiger partial charge in [0.2, 0.25) is 0 Å². The van der Waals surface area contributed by atoms with Gasteiger partial charge in [-0.25, -0.2) is 0 Å². The Hall–Kier alpha value is -0.0800. The second kappa shape index (κ2) is 5.92. The molecule has 1 N–H and O–H groups in total. The fourth-order valence-corrected chi connectivity index (χ4v) is 3.42. The van der Waals surface area contributed by atoms with Crippen molar-refractivity contribution in [3.63, 3.8) is 0 Å². The summed E-state index contributed by atoms with van der Waals surface area (Å²) in [6.45, 7) is 14.1. The van der Waals surface area contributed by atoms with E-state index in [4.69, 9.17) is 4.74 Å². The van der Waals surface area contributed by atoms with Gasteiger partial charge in [0.25, 0.3) is 0 Å². The molecule has 0 aromatic rings. The zero-order valence-corrected chi connectivity index (χ0v) is 13.1. The third-order valence-corrected chi connectivity index (χ3v) is 4.95. The van der Waals surface area contributed by atoms with Crippen LogP contribution in [0.3, 0.4) is 0 Å². The Morgan fingerprint density at radius 3 is 2.44 bits per heavy atom. The Labute approximate surface area is 113 Å². The molecule has 1 saturated carbocycles. The molecule has 18 heavy (non-hydrogen) atoms. The summed E-state index contributed by atoms with van der Waals surface area (Å²) in [5, 5.41) is 9.86. The summed E-state index contributed by atoms with van der Waals surface area (Å²) >= 11 is 0. The second-order valence-corrected chi connectivity index (χ2v) is 7.41. The van der Waals surface area contributed by atoms with Crippen LogP contribution in [-0.2, 0) is 4.74 Å². The van der Waals surface area contributed by atoms with Gasteiger partial charge in [-0.15, -0.1) is 0 Å². The highest BCUT2D eigenvalue weighted by molar-refractivity contribution is 4.97. The molecule has 1 rings (SSSR count). The number of hydrogen-bond acceptors (Lipinski definition) is 2. The maximum absolute atomic E-state index is 9.86. The first-order chi connectivity index (χ1) is 8.21. The molecular formula is C16H32O2. The van der Waals surface area contributed by atoms with Crippen molar-refractivity contribution < 1.29 is 9.84 Å². The van der Waals surface area contributed by atoms with Crippen molar-refractivity contribution in [1.29, 1.82) is 0 Å². The van der Waals surface area contributed by atoms with Crippen LogP contribution in [0.15, 0.2) is 0 Å². The lowest BCUT2D eigenvalue weighted by atomic mass is 9.58. The van der Waals surface area contributed by atoms with Gasteiger partial charge in [0, 0.05) is 0 Å². The molecule has 0 aromatic carbocycles. The first kappa shape index (κ1) is 16.0. The van der Waals surface area contributed by atoms with Gasteiger partial charge in [-0.2, -0.15) is 0 Å². The van der Waals surface area contributed by atoms with E-state index in [0.29, 0.717) is 12.5 Å². The zero-order chi connectivity index (χ0) is 14.0. The quantitative estimate of drug-likeness (QED) is 0.805. The van der Waals surface area contributed by atoms with Crippen LogP contribution in [-0.4, -0.2) is 23.9 Å². The summed E-state index contributed by atoms with van der Waals surface area (Å²) in [6.07, 6.45) is 4.27. The van der Waals surface area contributed by atoms with Gasteiger partial charge in [-0.3, -0.25) is 0 Å². The maximum atomic E-state index is 9.86. The first-order valence-electron chi connectivity index (χ1n) is 7.51. The topological polar surface area (TPSA) is 29.5 Å². The average molecular weight is 256 g/mol. The van der Waals surface area contributed by atoms with Crippen molar-refractivity contribution >= 4 is 0 Å². The molecule has 108 valence electrons. The van der Waals surface area contributed by atoms with Crippen LogP contribution in [0.1, 0.15) is 67.2 Å². The normalized spacial score (nSPS) is 32.2. The lowest BCUT2D eigenvalue weighted by Crippen LogP contribution is -2.51. The second-order valence-electron chi connectivity index (χ2n) is 7.41. The lowest BCUT2D eigenvalue weighted by Gasteiger charge is -2.52. The van der Waals surface area contributed by atoms with Crippen molar-refractivity contribution in [3.05, 3.63) is 0 Å². The summed E-state index contributed by atoms with van der Waals surface area (Å²) in [5.41, 5.74) is 0.398. The van der Waals surface area contributed by atoms with E-state index in [1.165, 1.54) is 12.8 Å². The molecule has 0 saturated heterocycles. The van der Waals surface area contributed by atoms with Crippen LogP contribution < -0.4 is 0 Å². The van der Waals surface area contributed by atoms with E-state index in [1.807, 2.05) is 0 Å². The molecule has 0 heterocycles. The van der Waals surface area contributed by atoms with Crippen LogP contribution in [0.2, 0.25) is 0 Å². The Balaban J connectivity index is 2.68. The third kappa shape index (κ3) is 3.48. The number of ether oxygens (including phenoxy) is 1. The van der Waals surface area contributed by atoms with E-state index in [2.05, 4.69) is 41.5 Å². The molecule has 3 atom stereocenters. The van der Waals surface area contributed by atoms with Crippen LogP contribution in [0.5, 0.6) is 0 Å². The summed E-state index contributed by atoms with van der Waals surface area (Å²) in [7, 11) is 0. The highest BCUT2D eigenvalue weighted by atomic mass is 16.5. The van der Waals surface area contributed by atoms with Crippen molar-refractivity contribution in [2.24, 2.45) is 16.7 Å². The molecule has 1 aliphatic rings. The van der Waals surface area contributed by atoms with Gasteiger partial charge in [0.1, 0.15) is 0 Å². The highest BCUT2D eigenvalue weighted by Crippen LogP contribution is 2.50. The molecule has 2 heteroatoms. The van der Waals surface area contributed by atoms with Crippen LogP contribution >= 0.6 is 0 Å². The van der Waals surface area contributed by atoms with Crippen molar-refractivity contribution in [2.75, 3.05) is 6.61 Å². The van der Waals surface area contributed by atoms with Crippen molar-refractivity contribution in [1.82, 2.24) is 0 Å². The average Bonchev–Trinajstić information content (AvgIpc) is 2.24. The van der Waals surface area contributed by atoms with E-state index in [-0.39, 0.29) is 23.0 Å². The van der Waals surface area contributed by atoms with Crippen molar-refractivity contribution in [2.45, 2.75) is 79.4 Å². The molecule has 0 aliphatic heterocycles. The molecule has 1 fully saturated rings. The van der Waals surface area contributed by atoms with Gasteiger partial charge in [0.15, 0.2) is 0 Å². The molecule has 0 aromatic heterocycles. The SMILES string of the molecule is CCC[C@H](O)CO[C@@H]1C(C)(C)CC[C@H](C)C1(C)C. The number of aliphatic hydroxyl groups is 1. The van der Waals surface area contributed by atoms with Gasteiger partial charge < -0.3 is 9.84 Å². The van der Waals surface area contributed by atoms with Crippen LogP contribution in [0.4, 0.5) is 0 Å². The maximum Gasteiger partial charge on any atom is 0.0773 e. The Kier molecular flexibility index (Phi) is 5.25. The minimum atomic E-state index is -0.307. The van der Waals surface area contributed by atoms with Gasteiger partial charge >= 0.3 is 0 Å². The molecule has 0 amide bonds. The van der Waals surface area contributed by atoms with E-state index in [0.717, 1.165) is 12.8 Å². The molecule has 0 unspecified atom stereocenters. The van der Waals surface area contributed by atoms with Gasteiger partial charge in [-0.1, -0.05) is 48.0 Å². The summed E-state index contributed by atoms with van der Waals surface area (Å²) < 4.78 is 6.15. The third-order valence-electron chi connectivity index (χ3n) is 4.95. The van der Waals surface area contributed by atoms with Gasteiger partial charge in [0.05, 0.1) is 18.8 Å². The predicted octanol–water partition coefficient (Wildman–Crippen LogP) is 4.01. The van der Waals surface area contributed by atoms with E-state index in [1.54, 1.807) is 0 Å². The lowest BCUT2D eigenvalue weighted by molar-refractivity contribution is -0.156. The summed E-state index contributed by atoms with van der Waals surface area (Å²) in [4.78, 5) is 0. The molecule has 1 aliphatic carbocycles. The molecule has 0 bridgehead atoms.